The zero-order valence-electron chi connectivity index (χ0n) is 8.87. The normalized spacial score (nSPS) is 13.2. The molecule has 4 heteroatoms. The van der Waals surface area contributed by atoms with Crippen molar-refractivity contribution in [1.29, 1.82) is 0 Å². The van der Waals surface area contributed by atoms with E-state index in [0.717, 1.165) is 0 Å². The quantitative estimate of drug-likeness (QED) is 0.827. The van der Waals surface area contributed by atoms with Crippen LogP contribution in [0.2, 0.25) is 0 Å². The highest BCUT2D eigenvalue weighted by atomic mass is 19.1. The molecule has 1 N–H and O–H groups in total. The number of benzene rings is 1. The lowest BCUT2D eigenvalue weighted by Crippen LogP contribution is -2.32. The number of rotatable bonds is 4. The van der Waals surface area contributed by atoms with Crippen LogP contribution in [-0.4, -0.2) is 29.7 Å². The van der Waals surface area contributed by atoms with Crippen LogP contribution >= 0.6 is 0 Å². The predicted octanol–water partition coefficient (Wildman–Crippen LogP) is 1.78. The van der Waals surface area contributed by atoms with Gasteiger partial charge in [0.2, 0.25) is 0 Å². The highest BCUT2D eigenvalue weighted by Crippen LogP contribution is 2.14. The van der Waals surface area contributed by atoms with Gasteiger partial charge in [0.1, 0.15) is 11.6 Å². The van der Waals surface area contributed by atoms with Gasteiger partial charge < -0.3 is 5.11 Å². The van der Waals surface area contributed by atoms with E-state index in [-0.39, 0.29) is 24.8 Å². The van der Waals surface area contributed by atoms with Gasteiger partial charge >= 0.3 is 0 Å². The largest absolute Gasteiger partial charge is 0.395 e. The lowest BCUT2D eigenvalue weighted by molar-refractivity contribution is 0.151. The molecule has 1 aromatic rings. The van der Waals surface area contributed by atoms with Crippen LogP contribution in [0.3, 0.4) is 0 Å². The summed E-state index contributed by atoms with van der Waals surface area (Å²) >= 11 is 0. The lowest BCUT2D eigenvalue weighted by atomic mass is 10.1. The summed E-state index contributed by atoms with van der Waals surface area (Å²) in [5.41, 5.74) is 0.0419. The van der Waals surface area contributed by atoms with Crippen molar-refractivity contribution in [3.63, 3.8) is 0 Å². The van der Waals surface area contributed by atoms with Crippen LogP contribution < -0.4 is 0 Å². The van der Waals surface area contributed by atoms with Crippen LogP contribution in [0.5, 0.6) is 0 Å². The summed E-state index contributed by atoms with van der Waals surface area (Å²) in [6.45, 7) is 1.91. The Morgan fingerprint density at radius 1 is 1.33 bits per heavy atom. The number of aliphatic hydroxyl groups is 1. The second kappa shape index (κ2) is 5.19. The van der Waals surface area contributed by atoms with Crippen molar-refractivity contribution in [1.82, 2.24) is 4.90 Å². The van der Waals surface area contributed by atoms with Crippen LogP contribution in [0, 0.1) is 11.6 Å². The van der Waals surface area contributed by atoms with E-state index in [1.165, 1.54) is 18.2 Å². The Hall–Kier alpha value is -1.00. The van der Waals surface area contributed by atoms with Gasteiger partial charge in [0.05, 0.1) is 6.61 Å². The molecule has 0 spiro atoms. The van der Waals surface area contributed by atoms with Gasteiger partial charge in [-0.05, 0) is 26.1 Å². The van der Waals surface area contributed by atoms with Gasteiger partial charge in [0.15, 0.2) is 0 Å². The number of nitrogens with zero attached hydrogens (tertiary/aromatic N) is 1. The van der Waals surface area contributed by atoms with Crippen molar-refractivity contribution in [2.75, 3.05) is 13.7 Å². The van der Waals surface area contributed by atoms with Crippen LogP contribution in [0.15, 0.2) is 18.2 Å². The van der Waals surface area contributed by atoms with Crippen LogP contribution in [0.25, 0.3) is 0 Å². The molecule has 0 fully saturated rings. The molecule has 0 saturated heterocycles. The van der Waals surface area contributed by atoms with E-state index in [9.17, 15) is 8.78 Å². The van der Waals surface area contributed by atoms with Crippen molar-refractivity contribution >= 4 is 0 Å². The van der Waals surface area contributed by atoms with Crippen LogP contribution in [0.1, 0.15) is 12.5 Å². The number of aliphatic hydroxyl groups excluding tert-OH is 1. The van der Waals surface area contributed by atoms with Gasteiger partial charge in [-0.15, -0.1) is 0 Å². The van der Waals surface area contributed by atoms with Crippen LogP contribution in [0.4, 0.5) is 8.78 Å². The first-order valence-corrected chi connectivity index (χ1v) is 4.80. The molecule has 1 aromatic carbocycles. The number of halogens is 2. The molecule has 0 radical (unpaired) electrons. The molecule has 0 amide bonds. The van der Waals surface area contributed by atoms with E-state index in [1.807, 2.05) is 0 Å². The van der Waals surface area contributed by atoms with Crippen molar-refractivity contribution in [2.24, 2.45) is 0 Å². The maximum absolute atomic E-state index is 13.2. The van der Waals surface area contributed by atoms with Crippen molar-refractivity contribution in [3.05, 3.63) is 35.4 Å². The number of hydrogen-bond donors (Lipinski definition) is 1. The molecule has 0 aliphatic rings. The molecule has 1 rings (SSSR count). The Balaban J connectivity index is 2.80. The first-order chi connectivity index (χ1) is 7.06. The monoisotopic (exact) mass is 215 g/mol. The fourth-order valence-electron chi connectivity index (χ4n) is 1.23. The smallest absolute Gasteiger partial charge is 0.130 e. The minimum Gasteiger partial charge on any atom is -0.395 e. The minimum absolute atomic E-state index is 0.0351. The van der Waals surface area contributed by atoms with E-state index in [0.29, 0.717) is 0 Å². The molecule has 1 atom stereocenters. The molecule has 1 unspecified atom stereocenters. The molecule has 0 aliphatic carbocycles. The highest BCUT2D eigenvalue weighted by Gasteiger charge is 2.14. The third-order valence-corrected chi connectivity index (χ3v) is 2.49. The molecule has 84 valence electrons. The Morgan fingerprint density at radius 2 is 1.87 bits per heavy atom. The van der Waals surface area contributed by atoms with E-state index in [2.05, 4.69) is 0 Å². The fourth-order valence-corrected chi connectivity index (χ4v) is 1.23. The summed E-state index contributed by atoms with van der Waals surface area (Å²) in [6, 6.07) is 3.68. The van der Waals surface area contributed by atoms with Gasteiger partial charge in [-0.1, -0.05) is 6.07 Å². The van der Waals surface area contributed by atoms with Gasteiger partial charge in [-0.3, -0.25) is 4.90 Å². The van der Waals surface area contributed by atoms with E-state index < -0.39 is 11.6 Å². The minimum atomic E-state index is -0.549. The van der Waals surface area contributed by atoms with Gasteiger partial charge in [-0.25, -0.2) is 8.78 Å². The molecule has 0 bridgehead atoms. The summed E-state index contributed by atoms with van der Waals surface area (Å²) in [5, 5.41) is 8.89. The summed E-state index contributed by atoms with van der Waals surface area (Å²) in [5.74, 6) is -1.10. The van der Waals surface area contributed by atoms with E-state index >= 15 is 0 Å². The second-order valence-electron chi connectivity index (χ2n) is 3.65. The Kier molecular flexibility index (Phi) is 4.17. The Labute approximate surface area is 88.1 Å². The van der Waals surface area contributed by atoms with Gasteiger partial charge in [0, 0.05) is 18.2 Å². The Bertz CT molecular complexity index is 310. The molecule has 2 nitrogen and oxygen atoms in total. The molecule has 0 aliphatic heterocycles. The zero-order chi connectivity index (χ0) is 11.4. The first-order valence-electron chi connectivity index (χ1n) is 4.80. The SMILES string of the molecule is CC(CO)N(C)Cc1c(F)cccc1F. The summed E-state index contributed by atoms with van der Waals surface area (Å²) in [7, 11) is 1.72. The zero-order valence-corrected chi connectivity index (χ0v) is 8.87. The molecule has 0 heterocycles. The maximum atomic E-state index is 13.2. The van der Waals surface area contributed by atoms with Crippen molar-refractivity contribution < 1.29 is 13.9 Å². The van der Waals surface area contributed by atoms with Crippen molar-refractivity contribution in [3.8, 4) is 0 Å². The fraction of sp³-hybridized carbons (Fsp3) is 0.455. The highest BCUT2D eigenvalue weighted by molar-refractivity contribution is 5.19. The summed E-state index contributed by atoms with van der Waals surface area (Å²) in [4.78, 5) is 1.70. The van der Waals surface area contributed by atoms with Gasteiger partial charge in [-0.2, -0.15) is 0 Å². The summed E-state index contributed by atoms with van der Waals surface area (Å²) < 4.78 is 26.5. The third-order valence-electron chi connectivity index (χ3n) is 2.49. The second-order valence-corrected chi connectivity index (χ2v) is 3.65. The average molecular weight is 215 g/mol. The number of hydrogen-bond acceptors (Lipinski definition) is 2. The van der Waals surface area contributed by atoms with Gasteiger partial charge in [0.25, 0.3) is 0 Å². The average Bonchev–Trinajstić information content (AvgIpc) is 2.22. The maximum Gasteiger partial charge on any atom is 0.130 e. The van der Waals surface area contributed by atoms with Crippen LogP contribution in [-0.2, 0) is 6.54 Å². The van der Waals surface area contributed by atoms with E-state index in [1.54, 1.807) is 18.9 Å². The topological polar surface area (TPSA) is 23.5 Å². The number of likely N-dealkylation sites (N-methyl/N-ethyl adjacent to an activating group) is 1. The lowest BCUT2D eigenvalue weighted by Gasteiger charge is -2.23. The van der Waals surface area contributed by atoms with E-state index in [4.69, 9.17) is 5.11 Å². The molecule has 0 aromatic heterocycles. The first kappa shape index (κ1) is 12.1. The summed E-state index contributed by atoms with van der Waals surface area (Å²) in [6.07, 6.45) is 0. The van der Waals surface area contributed by atoms with Crippen molar-refractivity contribution in [2.45, 2.75) is 19.5 Å². The molecular weight excluding hydrogens is 200 g/mol. The molecular formula is C11H15F2NO. The standard InChI is InChI=1S/C11H15F2NO/c1-8(7-15)14(2)6-9-10(12)4-3-5-11(9)13/h3-5,8,15H,6-7H2,1-2H3. The molecule has 0 saturated carbocycles. The third kappa shape index (κ3) is 2.97. The Morgan fingerprint density at radius 3 is 2.33 bits per heavy atom. The predicted molar refractivity (Wildman–Crippen MR) is 54.4 cm³/mol. The molecule has 15 heavy (non-hydrogen) atoms.